The standard InChI is InChI=1S/4H2N.2H2O.Pt/h6*1H2;/q4*-1;;;+2. The van der Waals surface area contributed by atoms with Crippen LogP contribution in [0.1, 0.15) is 0 Å². The summed E-state index contributed by atoms with van der Waals surface area (Å²) in [7, 11) is 0. The predicted molar refractivity (Wildman–Crippen MR) is 28.4 cm³/mol. The number of nitrogens with two attached hydrogens (primary N) is 4. The van der Waals surface area contributed by atoms with Gasteiger partial charge in [0.15, 0.2) is 0 Å². The first-order chi connectivity index (χ1) is 0. The normalized spacial score (nSPS) is 0. The predicted octanol–water partition coefficient (Wildman–Crippen LogP) is 1.22. The van der Waals surface area contributed by atoms with E-state index in [2.05, 4.69) is 0 Å². The van der Waals surface area contributed by atoms with Crippen molar-refractivity contribution in [3.05, 3.63) is 24.6 Å². The van der Waals surface area contributed by atoms with E-state index in [9.17, 15) is 0 Å². The van der Waals surface area contributed by atoms with Crippen molar-refractivity contribution < 1.29 is 32.0 Å². The van der Waals surface area contributed by atoms with Crippen molar-refractivity contribution in [3.8, 4) is 0 Å². The second-order valence-electron chi connectivity index (χ2n) is 0. The van der Waals surface area contributed by atoms with Crippen molar-refractivity contribution in [2.24, 2.45) is 0 Å². The van der Waals surface area contributed by atoms with E-state index in [0.717, 1.165) is 0 Å². The van der Waals surface area contributed by atoms with Gasteiger partial charge in [-0.2, -0.15) is 0 Å². The fraction of sp³-hybridized carbons (Fsp3) is 0. The van der Waals surface area contributed by atoms with Crippen LogP contribution in [0.5, 0.6) is 0 Å². The molecule has 0 saturated carbocycles. The van der Waals surface area contributed by atoms with Gasteiger partial charge in [0, 0.05) is 0 Å². The second-order valence-corrected chi connectivity index (χ2v) is 0. The van der Waals surface area contributed by atoms with E-state index in [1.54, 1.807) is 0 Å². The van der Waals surface area contributed by atoms with Crippen LogP contribution in [-0.4, -0.2) is 11.0 Å². The fourth-order valence-electron chi connectivity index (χ4n) is 0. The number of hydrogen-bond acceptors (Lipinski definition) is 0. The van der Waals surface area contributed by atoms with Gasteiger partial charge in [-0.15, -0.1) is 0 Å². The van der Waals surface area contributed by atoms with Gasteiger partial charge in [-0.05, 0) is 0 Å². The molecule has 0 aromatic heterocycles. The minimum atomic E-state index is 0. The van der Waals surface area contributed by atoms with Gasteiger partial charge in [-0.1, -0.05) is 0 Å². The van der Waals surface area contributed by atoms with E-state index in [0.29, 0.717) is 0 Å². The summed E-state index contributed by atoms with van der Waals surface area (Å²) < 4.78 is 0. The molecule has 56 valence electrons. The molecule has 6 nitrogen and oxygen atoms in total. The SMILES string of the molecule is O.O.[NH2-].[NH2-].[NH2-].[NH2-].[Pt+2]. The molecular weight excluding hydrogens is 283 g/mol. The third-order valence-electron chi connectivity index (χ3n) is 0. The maximum absolute atomic E-state index is 0. The van der Waals surface area contributed by atoms with Gasteiger partial charge in [0.25, 0.3) is 0 Å². The van der Waals surface area contributed by atoms with Crippen LogP contribution in [0.4, 0.5) is 0 Å². The molecule has 12 N–H and O–H groups in total. The Morgan fingerprint density at radius 3 is 0.429 bits per heavy atom. The molecule has 0 radical (unpaired) electrons. The summed E-state index contributed by atoms with van der Waals surface area (Å²) in [5.41, 5.74) is 0. The van der Waals surface area contributed by atoms with Crippen molar-refractivity contribution in [1.29, 1.82) is 0 Å². The Bertz CT molecular complexity index is 9.65. The first kappa shape index (κ1) is 1540. The summed E-state index contributed by atoms with van der Waals surface area (Å²) in [4.78, 5) is 0. The topological polar surface area (TPSA) is 197 Å². The molecule has 7 heavy (non-hydrogen) atoms. The van der Waals surface area contributed by atoms with Gasteiger partial charge in [0.2, 0.25) is 0 Å². The molecule has 0 fully saturated rings. The van der Waals surface area contributed by atoms with Crippen molar-refractivity contribution in [2.45, 2.75) is 0 Å². The van der Waals surface area contributed by atoms with E-state index in [4.69, 9.17) is 0 Å². The molecule has 0 rings (SSSR count). The minimum Gasteiger partial charge on any atom is -0.693 e. The molecule has 0 aliphatic carbocycles. The van der Waals surface area contributed by atoms with E-state index in [1.165, 1.54) is 0 Å². The van der Waals surface area contributed by atoms with Crippen molar-refractivity contribution in [2.75, 3.05) is 0 Å². The molecule has 7 heteroatoms. The number of hydrogen-bond donors (Lipinski definition) is 0. The molecule has 0 aromatic carbocycles. The zero-order valence-electron chi connectivity index (χ0n) is 3.63. The average molecular weight is 295 g/mol. The monoisotopic (exact) mass is 295 g/mol. The fourth-order valence-corrected chi connectivity index (χ4v) is 0. The molecular formula is H12N4O2Pt-2. The van der Waals surface area contributed by atoms with Crippen LogP contribution < -0.4 is 0 Å². The van der Waals surface area contributed by atoms with Gasteiger partial charge in [0.1, 0.15) is 0 Å². The summed E-state index contributed by atoms with van der Waals surface area (Å²) in [5, 5.41) is 0. The molecule has 0 heterocycles. The minimum absolute atomic E-state index is 0. The van der Waals surface area contributed by atoms with Crippen LogP contribution in [0, 0.1) is 0 Å². The molecule has 0 bridgehead atoms. The van der Waals surface area contributed by atoms with E-state index < -0.39 is 0 Å². The quantitative estimate of drug-likeness (QED) is 0.619. The van der Waals surface area contributed by atoms with Crippen LogP contribution in [0.3, 0.4) is 0 Å². The third kappa shape index (κ3) is 635. The molecule has 0 aromatic rings. The first-order valence-corrected chi connectivity index (χ1v) is 0. The van der Waals surface area contributed by atoms with Gasteiger partial charge >= 0.3 is 21.1 Å². The Hall–Kier alpha value is 0.448. The van der Waals surface area contributed by atoms with Crippen LogP contribution in [0.15, 0.2) is 0 Å². The number of rotatable bonds is 0. The summed E-state index contributed by atoms with van der Waals surface area (Å²) in [6.45, 7) is 0. The van der Waals surface area contributed by atoms with E-state index >= 15 is 0 Å². The summed E-state index contributed by atoms with van der Waals surface area (Å²) in [6.07, 6.45) is 0. The molecule has 0 amide bonds. The summed E-state index contributed by atoms with van der Waals surface area (Å²) in [6, 6.07) is 0. The molecule has 0 aliphatic heterocycles. The van der Waals surface area contributed by atoms with Gasteiger partial charge in [-0.3, -0.25) is 0 Å². The third-order valence-corrected chi connectivity index (χ3v) is 0. The molecule has 0 aliphatic rings. The van der Waals surface area contributed by atoms with Gasteiger partial charge in [0.05, 0.1) is 0 Å². The zero-order chi connectivity index (χ0) is 0. The summed E-state index contributed by atoms with van der Waals surface area (Å²) >= 11 is 0. The molecule has 0 unspecified atom stereocenters. The van der Waals surface area contributed by atoms with Crippen LogP contribution in [0.2, 0.25) is 0 Å². The largest absolute Gasteiger partial charge is 2.00 e. The zero-order valence-corrected chi connectivity index (χ0v) is 5.90. The molecule has 0 saturated heterocycles. The summed E-state index contributed by atoms with van der Waals surface area (Å²) in [5.74, 6) is 0. The van der Waals surface area contributed by atoms with Crippen LogP contribution >= 0.6 is 0 Å². The average Bonchev–Trinajstić information content (AvgIpc) is 0. The van der Waals surface area contributed by atoms with Crippen LogP contribution in [0.25, 0.3) is 24.6 Å². The Morgan fingerprint density at radius 1 is 0.429 bits per heavy atom. The second kappa shape index (κ2) is 952. The van der Waals surface area contributed by atoms with Crippen molar-refractivity contribution in [1.82, 2.24) is 0 Å². The Kier molecular flexibility index (Phi) is 210000. The van der Waals surface area contributed by atoms with Gasteiger partial charge in [-0.25, -0.2) is 0 Å². The molecule has 0 spiro atoms. The van der Waals surface area contributed by atoms with Crippen molar-refractivity contribution in [3.63, 3.8) is 0 Å². The Balaban J connectivity index is 0. The van der Waals surface area contributed by atoms with E-state index in [1.807, 2.05) is 0 Å². The van der Waals surface area contributed by atoms with Crippen LogP contribution in [-0.2, 0) is 21.1 Å². The Morgan fingerprint density at radius 2 is 0.429 bits per heavy atom. The van der Waals surface area contributed by atoms with Crippen molar-refractivity contribution >= 4 is 0 Å². The van der Waals surface area contributed by atoms with E-state index in [-0.39, 0.29) is 56.6 Å². The first-order valence-electron chi connectivity index (χ1n) is 0. The Labute approximate surface area is 57.3 Å². The maximum Gasteiger partial charge on any atom is 2.00 e. The maximum atomic E-state index is 0. The van der Waals surface area contributed by atoms with Gasteiger partial charge < -0.3 is 35.6 Å². The smallest absolute Gasteiger partial charge is 0.693 e. The molecule has 0 atom stereocenters.